The molecule has 0 atom stereocenters. The van der Waals surface area contributed by atoms with Gasteiger partial charge >= 0.3 is 0 Å². The van der Waals surface area contributed by atoms with Gasteiger partial charge < -0.3 is 5.32 Å². The molecule has 1 N–H and O–H groups in total. The van der Waals surface area contributed by atoms with Crippen LogP contribution in [0.5, 0.6) is 0 Å². The molecule has 19 heavy (non-hydrogen) atoms. The molecular weight excluding hydrogens is 288 g/mol. The number of anilines is 1. The standard InChI is InChI=1S/C14H10Cl2FNO/c15-9-3-1-4-10(7-9)18-14(19)8-11-12(16)5-2-6-13(11)17/h1-7H,8H2,(H,18,19). The number of carbonyl (C=O) groups is 1. The number of amides is 1. The van der Waals surface area contributed by atoms with E-state index in [-0.39, 0.29) is 22.9 Å². The molecule has 2 nitrogen and oxygen atoms in total. The Kier molecular flexibility index (Phi) is 4.40. The van der Waals surface area contributed by atoms with Gasteiger partial charge in [0.25, 0.3) is 0 Å². The molecule has 5 heteroatoms. The van der Waals surface area contributed by atoms with Crippen LogP contribution in [-0.2, 0) is 11.2 Å². The van der Waals surface area contributed by atoms with Crippen molar-refractivity contribution in [1.29, 1.82) is 0 Å². The summed E-state index contributed by atoms with van der Waals surface area (Å²) in [5, 5.41) is 3.39. The van der Waals surface area contributed by atoms with E-state index < -0.39 is 5.82 Å². The second-order valence-electron chi connectivity index (χ2n) is 3.94. The van der Waals surface area contributed by atoms with Crippen LogP contribution in [0.25, 0.3) is 0 Å². The van der Waals surface area contributed by atoms with Crippen LogP contribution in [0.1, 0.15) is 5.56 Å². The first-order valence-electron chi connectivity index (χ1n) is 5.54. The second-order valence-corrected chi connectivity index (χ2v) is 4.78. The normalized spacial score (nSPS) is 10.3. The molecule has 0 aliphatic rings. The molecule has 0 spiro atoms. The van der Waals surface area contributed by atoms with E-state index in [4.69, 9.17) is 23.2 Å². The zero-order valence-electron chi connectivity index (χ0n) is 9.79. The Morgan fingerprint density at radius 1 is 1.16 bits per heavy atom. The van der Waals surface area contributed by atoms with E-state index in [1.807, 2.05) is 0 Å². The minimum absolute atomic E-state index is 0.127. The van der Waals surface area contributed by atoms with Crippen LogP contribution in [-0.4, -0.2) is 5.91 Å². The highest BCUT2D eigenvalue weighted by Gasteiger charge is 2.12. The Balaban J connectivity index is 2.10. The van der Waals surface area contributed by atoms with Crippen LogP contribution in [0.3, 0.4) is 0 Å². The lowest BCUT2D eigenvalue weighted by Gasteiger charge is -2.07. The Bertz CT molecular complexity index is 596. The predicted octanol–water partition coefficient (Wildman–Crippen LogP) is 4.31. The van der Waals surface area contributed by atoms with Crippen molar-refractivity contribution in [2.45, 2.75) is 6.42 Å². The molecule has 0 aliphatic heterocycles. The minimum atomic E-state index is -0.492. The van der Waals surface area contributed by atoms with Crippen LogP contribution in [0, 0.1) is 5.82 Å². The first-order chi connectivity index (χ1) is 9.06. The highest BCUT2D eigenvalue weighted by Crippen LogP contribution is 2.20. The molecule has 2 rings (SSSR count). The molecular formula is C14H10Cl2FNO. The van der Waals surface area contributed by atoms with E-state index >= 15 is 0 Å². The first kappa shape index (κ1) is 13.8. The van der Waals surface area contributed by atoms with Gasteiger partial charge in [-0.25, -0.2) is 4.39 Å². The van der Waals surface area contributed by atoms with Gasteiger partial charge in [0.15, 0.2) is 0 Å². The van der Waals surface area contributed by atoms with Gasteiger partial charge in [-0.15, -0.1) is 0 Å². The Morgan fingerprint density at radius 3 is 2.58 bits per heavy atom. The molecule has 2 aromatic rings. The fourth-order valence-electron chi connectivity index (χ4n) is 1.63. The van der Waals surface area contributed by atoms with Crippen molar-refractivity contribution in [3.05, 3.63) is 63.9 Å². The zero-order chi connectivity index (χ0) is 13.8. The molecule has 0 fully saturated rings. The molecule has 0 aromatic heterocycles. The van der Waals surface area contributed by atoms with Gasteiger partial charge in [-0.1, -0.05) is 35.3 Å². The van der Waals surface area contributed by atoms with Crippen LogP contribution in [0.4, 0.5) is 10.1 Å². The molecule has 0 radical (unpaired) electrons. The summed E-state index contributed by atoms with van der Waals surface area (Å²) < 4.78 is 13.5. The molecule has 0 bridgehead atoms. The van der Waals surface area contributed by atoms with Crippen LogP contribution >= 0.6 is 23.2 Å². The summed E-state index contributed by atoms with van der Waals surface area (Å²) in [5.74, 6) is -0.844. The molecule has 98 valence electrons. The van der Waals surface area contributed by atoms with Gasteiger partial charge in [0.2, 0.25) is 5.91 Å². The number of rotatable bonds is 3. The van der Waals surface area contributed by atoms with Crippen LogP contribution in [0.15, 0.2) is 42.5 Å². The summed E-state index contributed by atoms with van der Waals surface area (Å²) >= 11 is 11.7. The lowest BCUT2D eigenvalue weighted by molar-refractivity contribution is -0.115. The first-order valence-corrected chi connectivity index (χ1v) is 6.30. The molecule has 2 aromatic carbocycles. The Morgan fingerprint density at radius 2 is 1.89 bits per heavy atom. The van der Waals surface area contributed by atoms with E-state index in [1.165, 1.54) is 12.1 Å². The van der Waals surface area contributed by atoms with Crippen molar-refractivity contribution in [2.24, 2.45) is 0 Å². The van der Waals surface area contributed by atoms with Gasteiger partial charge in [-0.3, -0.25) is 4.79 Å². The smallest absolute Gasteiger partial charge is 0.228 e. The number of halogens is 3. The number of carbonyl (C=O) groups excluding carboxylic acids is 1. The van der Waals surface area contributed by atoms with Crippen molar-refractivity contribution < 1.29 is 9.18 Å². The third kappa shape index (κ3) is 3.69. The van der Waals surface area contributed by atoms with Crippen molar-refractivity contribution in [1.82, 2.24) is 0 Å². The van der Waals surface area contributed by atoms with Crippen molar-refractivity contribution in [2.75, 3.05) is 5.32 Å². The van der Waals surface area contributed by atoms with Crippen molar-refractivity contribution in [3.63, 3.8) is 0 Å². The Labute approximate surface area is 120 Å². The maximum Gasteiger partial charge on any atom is 0.228 e. The second kappa shape index (κ2) is 6.04. The molecule has 0 heterocycles. The molecule has 0 saturated heterocycles. The fraction of sp³-hybridized carbons (Fsp3) is 0.0714. The largest absolute Gasteiger partial charge is 0.326 e. The topological polar surface area (TPSA) is 29.1 Å². The SMILES string of the molecule is O=C(Cc1c(F)cccc1Cl)Nc1cccc(Cl)c1. The van der Waals surface area contributed by atoms with E-state index in [0.29, 0.717) is 10.7 Å². The molecule has 0 saturated carbocycles. The van der Waals surface area contributed by atoms with Crippen molar-refractivity contribution >= 4 is 34.8 Å². The summed E-state index contributed by atoms with van der Waals surface area (Å²) in [5.41, 5.74) is 0.744. The maximum absolute atomic E-state index is 13.5. The number of hydrogen-bond donors (Lipinski definition) is 1. The third-order valence-electron chi connectivity index (χ3n) is 2.51. The zero-order valence-corrected chi connectivity index (χ0v) is 11.3. The summed E-state index contributed by atoms with van der Waals surface area (Å²) in [4.78, 5) is 11.8. The van der Waals surface area contributed by atoms with Gasteiger partial charge in [0.05, 0.1) is 6.42 Å². The molecule has 1 amide bonds. The van der Waals surface area contributed by atoms with Crippen LogP contribution in [0.2, 0.25) is 10.0 Å². The quantitative estimate of drug-likeness (QED) is 0.898. The lowest BCUT2D eigenvalue weighted by Crippen LogP contribution is -2.15. The van der Waals surface area contributed by atoms with Crippen molar-refractivity contribution in [3.8, 4) is 0 Å². The highest BCUT2D eigenvalue weighted by molar-refractivity contribution is 6.31. The number of hydrogen-bond acceptors (Lipinski definition) is 1. The van der Waals surface area contributed by atoms with Gasteiger partial charge in [0, 0.05) is 21.3 Å². The predicted molar refractivity (Wildman–Crippen MR) is 75.2 cm³/mol. The van der Waals surface area contributed by atoms with E-state index in [1.54, 1.807) is 30.3 Å². The van der Waals surface area contributed by atoms with Gasteiger partial charge in [-0.2, -0.15) is 0 Å². The molecule has 0 aliphatic carbocycles. The van der Waals surface area contributed by atoms with Gasteiger partial charge in [0.1, 0.15) is 5.82 Å². The third-order valence-corrected chi connectivity index (χ3v) is 3.10. The average molecular weight is 298 g/mol. The van der Waals surface area contributed by atoms with E-state index in [9.17, 15) is 9.18 Å². The summed E-state index contributed by atoms with van der Waals surface area (Å²) in [6, 6.07) is 11.0. The maximum atomic E-state index is 13.5. The number of nitrogens with one attached hydrogen (secondary N) is 1. The highest BCUT2D eigenvalue weighted by atomic mass is 35.5. The molecule has 0 unspecified atom stereocenters. The fourth-order valence-corrected chi connectivity index (χ4v) is 2.05. The Hall–Kier alpha value is -1.58. The van der Waals surface area contributed by atoms with Gasteiger partial charge in [-0.05, 0) is 30.3 Å². The minimum Gasteiger partial charge on any atom is -0.326 e. The monoisotopic (exact) mass is 297 g/mol. The summed E-state index contributed by atoms with van der Waals surface area (Å²) in [6.07, 6.45) is -0.127. The van der Waals surface area contributed by atoms with E-state index in [0.717, 1.165) is 0 Å². The number of benzene rings is 2. The average Bonchev–Trinajstić information content (AvgIpc) is 2.34. The lowest BCUT2D eigenvalue weighted by atomic mass is 10.1. The van der Waals surface area contributed by atoms with E-state index in [2.05, 4.69) is 5.32 Å². The summed E-state index contributed by atoms with van der Waals surface area (Å²) in [6.45, 7) is 0. The van der Waals surface area contributed by atoms with Crippen LogP contribution < -0.4 is 5.32 Å². The summed E-state index contributed by atoms with van der Waals surface area (Å²) in [7, 11) is 0.